The molecule has 0 saturated heterocycles. The standard InChI is InChI=1S/C21H20FNO3/c1-14-9-15(2)11-19(10-14)25-13-18-7-8-20(26-18)21(24)23-12-16-3-5-17(22)6-4-16/h3-11H,12-13H2,1-2H3,(H,23,24). The number of hydrogen-bond donors (Lipinski definition) is 1. The maximum absolute atomic E-state index is 12.9. The van der Waals surface area contributed by atoms with Crippen molar-refractivity contribution < 1.29 is 18.3 Å². The number of halogens is 1. The van der Waals surface area contributed by atoms with Crippen LogP contribution in [0.25, 0.3) is 0 Å². The van der Waals surface area contributed by atoms with Crippen LogP contribution in [0.3, 0.4) is 0 Å². The number of furan rings is 1. The molecule has 0 fully saturated rings. The Morgan fingerprint density at radius 1 is 1.04 bits per heavy atom. The summed E-state index contributed by atoms with van der Waals surface area (Å²) >= 11 is 0. The van der Waals surface area contributed by atoms with E-state index in [4.69, 9.17) is 9.15 Å². The molecule has 1 N–H and O–H groups in total. The van der Waals surface area contributed by atoms with Gasteiger partial charge in [0, 0.05) is 6.54 Å². The molecular weight excluding hydrogens is 333 g/mol. The molecule has 0 saturated carbocycles. The van der Waals surface area contributed by atoms with Crippen molar-refractivity contribution >= 4 is 5.91 Å². The number of amides is 1. The van der Waals surface area contributed by atoms with Gasteiger partial charge in [0.15, 0.2) is 5.76 Å². The van der Waals surface area contributed by atoms with Gasteiger partial charge in [-0.05, 0) is 66.9 Å². The van der Waals surface area contributed by atoms with Gasteiger partial charge in [0.05, 0.1) is 0 Å². The molecule has 0 aliphatic heterocycles. The molecule has 1 heterocycles. The summed E-state index contributed by atoms with van der Waals surface area (Å²) in [7, 11) is 0. The topological polar surface area (TPSA) is 51.5 Å². The number of benzene rings is 2. The molecule has 0 atom stereocenters. The summed E-state index contributed by atoms with van der Waals surface area (Å²) in [4.78, 5) is 12.1. The van der Waals surface area contributed by atoms with Crippen LogP contribution in [0.15, 0.2) is 59.0 Å². The van der Waals surface area contributed by atoms with Crippen LogP contribution in [-0.2, 0) is 13.2 Å². The monoisotopic (exact) mass is 353 g/mol. The zero-order chi connectivity index (χ0) is 18.5. The van der Waals surface area contributed by atoms with Crippen molar-refractivity contribution in [3.8, 4) is 5.75 Å². The molecule has 3 aromatic rings. The van der Waals surface area contributed by atoms with Crippen LogP contribution in [0, 0.1) is 19.7 Å². The van der Waals surface area contributed by atoms with Crippen LogP contribution >= 0.6 is 0 Å². The third-order valence-electron chi connectivity index (χ3n) is 3.83. The van der Waals surface area contributed by atoms with Gasteiger partial charge in [-0.15, -0.1) is 0 Å². The molecular formula is C21H20FNO3. The molecule has 1 amide bonds. The number of rotatable bonds is 6. The molecule has 0 unspecified atom stereocenters. The Morgan fingerprint density at radius 2 is 1.73 bits per heavy atom. The fraction of sp³-hybridized carbons (Fsp3) is 0.190. The van der Waals surface area contributed by atoms with Gasteiger partial charge in [-0.3, -0.25) is 4.79 Å². The minimum Gasteiger partial charge on any atom is -0.486 e. The molecule has 0 bridgehead atoms. The van der Waals surface area contributed by atoms with Gasteiger partial charge >= 0.3 is 0 Å². The fourth-order valence-corrected chi connectivity index (χ4v) is 2.62. The van der Waals surface area contributed by atoms with E-state index in [1.165, 1.54) is 12.1 Å². The molecule has 134 valence electrons. The molecule has 3 rings (SSSR count). The summed E-state index contributed by atoms with van der Waals surface area (Å²) in [5.74, 6) is 0.912. The van der Waals surface area contributed by atoms with E-state index in [1.807, 2.05) is 26.0 Å². The molecule has 1 aromatic heterocycles. The Balaban J connectivity index is 1.54. The second-order valence-corrected chi connectivity index (χ2v) is 6.19. The third kappa shape index (κ3) is 4.72. The number of ether oxygens (including phenoxy) is 1. The number of hydrogen-bond acceptors (Lipinski definition) is 3. The lowest BCUT2D eigenvalue weighted by atomic mass is 10.1. The molecule has 4 nitrogen and oxygen atoms in total. The summed E-state index contributed by atoms with van der Waals surface area (Å²) in [6.07, 6.45) is 0. The van der Waals surface area contributed by atoms with Gasteiger partial charge < -0.3 is 14.5 Å². The van der Waals surface area contributed by atoms with Gasteiger partial charge in [-0.2, -0.15) is 0 Å². The lowest BCUT2D eigenvalue weighted by molar-refractivity contribution is 0.0919. The highest BCUT2D eigenvalue weighted by Gasteiger charge is 2.11. The number of nitrogens with one attached hydrogen (secondary N) is 1. The van der Waals surface area contributed by atoms with E-state index in [9.17, 15) is 9.18 Å². The summed E-state index contributed by atoms with van der Waals surface area (Å²) in [5.41, 5.74) is 3.06. The Labute approximate surface area is 151 Å². The number of carbonyl (C=O) groups is 1. The molecule has 0 radical (unpaired) electrons. The zero-order valence-electron chi connectivity index (χ0n) is 14.7. The summed E-state index contributed by atoms with van der Waals surface area (Å²) < 4.78 is 24.1. The predicted molar refractivity (Wildman–Crippen MR) is 96.5 cm³/mol. The highest BCUT2D eigenvalue weighted by molar-refractivity contribution is 5.91. The van der Waals surface area contributed by atoms with Crippen LogP contribution in [0.1, 0.15) is 33.0 Å². The molecule has 26 heavy (non-hydrogen) atoms. The average molecular weight is 353 g/mol. The van der Waals surface area contributed by atoms with Crippen molar-refractivity contribution in [2.24, 2.45) is 0 Å². The van der Waals surface area contributed by atoms with Crippen molar-refractivity contribution in [2.45, 2.75) is 27.0 Å². The maximum Gasteiger partial charge on any atom is 0.287 e. The molecule has 5 heteroatoms. The van der Waals surface area contributed by atoms with Crippen LogP contribution in [0.4, 0.5) is 4.39 Å². The van der Waals surface area contributed by atoms with Gasteiger partial charge in [-0.25, -0.2) is 4.39 Å². The van der Waals surface area contributed by atoms with Crippen molar-refractivity contribution in [3.05, 3.63) is 88.6 Å². The minimum absolute atomic E-state index is 0.214. The Morgan fingerprint density at radius 3 is 2.42 bits per heavy atom. The van der Waals surface area contributed by atoms with E-state index < -0.39 is 0 Å². The van der Waals surface area contributed by atoms with Crippen molar-refractivity contribution in [2.75, 3.05) is 0 Å². The highest BCUT2D eigenvalue weighted by atomic mass is 19.1. The molecule has 0 spiro atoms. The van der Waals surface area contributed by atoms with E-state index in [0.717, 1.165) is 22.4 Å². The SMILES string of the molecule is Cc1cc(C)cc(OCc2ccc(C(=O)NCc3ccc(F)cc3)o2)c1. The van der Waals surface area contributed by atoms with E-state index >= 15 is 0 Å². The first-order chi connectivity index (χ1) is 12.5. The van der Waals surface area contributed by atoms with Crippen LogP contribution < -0.4 is 10.1 Å². The van der Waals surface area contributed by atoms with Gasteiger partial charge in [0.25, 0.3) is 5.91 Å². The Kier molecular flexibility index (Phi) is 5.37. The zero-order valence-corrected chi connectivity index (χ0v) is 14.7. The first kappa shape index (κ1) is 17.7. The van der Waals surface area contributed by atoms with Gasteiger partial charge in [0.2, 0.25) is 0 Å². The van der Waals surface area contributed by atoms with Gasteiger partial charge in [0.1, 0.15) is 23.9 Å². The number of carbonyl (C=O) groups excluding carboxylic acids is 1. The van der Waals surface area contributed by atoms with Crippen LogP contribution in [0.5, 0.6) is 5.75 Å². The van der Waals surface area contributed by atoms with Crippen LogP contribution in [0.2, 0.25) is 0 Å². The van der Waals surface area contributed by atoms with E-state index in [-0.39, 0.29) is 24.1 Å². The molecule has 2 aromatic carbocycles. The Bertz CT molecular complexity index is 880. The lowest BCUT2D eigenvalue weighted by Crippen LogP contribution is -2.22. The first-order valence-electron chi connectivity index (χ1n) is 8.32. The fourth-order valence-electron chi connectivity index (χ4n) is 2.62. The summed E-state index contributed by atoms with van der Waals surface area (Å²) in [6.45, 7) is 4.56. The van der Waals surface area contributed by atoms with Crippen LogP contribution in [-0.4, -0.2) is 5.91 Å². The quantitative estimate of drug-likeness (QED) is 0.708. The molecule has 0 aliphatic rings. The largest absolute Gasteiger partial charge is 0.486 e. The lowest BCUT2D eigenvalue weighted by Gasteiger charge is -2.07. The highest BCUT2D eigenvalue weighted by Crippen LogP contribution is 2.18. The van der Waals surface area contributed by atoms with Crippen molar-refractivity contribution in [1.82, 2.24) is 5.32 Å². The maximum atomic E-state index is 12.9. The average Bonchev–Trinajstić information content (AvgIpc) is 3.07. The van der Waals surface area contributed by atoms with Crippen molar-refractivity contribution in [1.29, 1.82) is 0 Å². The minimum atomic E-state index is -0.327. The second-order valence-electron chi connectivity index (χ2n) is 6.19. The van der Waals surface area contributed by atoms with Gasteiger partial charge in [-0.1, -0.05) is 18.2 Å². The van der Waals surface area contributed by atoms with E-state index in [2.05, 4.69) is 11.4 Å². The normalized spacial score (nSPS) is 10.6. The predicted octanol–water partition coefficient (Wildman–Crippen LogP) is 4.54. The van der Waals surface area contributed by atoms with E-state index in [0.29, 0.717) is 12.3 Å². The summed E-state index contributed by atoms with van der Waals surface area (Å²) in [6, 6.07) is 15.3. The van der Waals surface area contributed by atoms with Crippen molar-refractivity contribution in [3.63, 3.8) is 0 Å². The van der Waals surface area contributed by atoms with E-state index in [1.54, 1.807) is 24.3 Å². The molecule has 0 aliphatic carbocycles. The number of aryl methyl sites for hydroxylation is 2. The third-order valence-corrected chi connectivity index (χ3v) is 3.83. The first-order valence-corrected chi connectivity index (χ1v) is 8.32. The Hall–Kier alpha value is -3.08. The smallest absolute Gasteiger partial charge is 0.287 e. The summed E-state index contributed by atoms with van der Waals surface area (Å²) in [5, 5.41) is 2.74. The second kappa shape index (κ2) is 7.87.